The quantitative estimate of drug-likeness (QED) is 0.253. The van der Waals surface area contributed by atoms with E-state index in [1.165, 1.54) is 56.6 Å². The number of nitrogens with one attached hydrogen (secondary N) is 1. The van der Waals surface area contributed by atoms with Gasteiger partial charge in [-0.2, -0.15) is 4.98 Å². The highest BCUT2D eigenvalue weighted by Gasteiger charge is 2.26. The van der Waals surface area contributed by atoms with E-state index in [2.05, 4.69) is 15.3 Å². The van der Waals surface area contributed by atoms with Crippen molar-refractivity contribution in [2.45, 2.75) is 0 Å². The molecule has 0 saturated carbocycles. The Balaban J connectivity index is 1.63. The SMILES string of the molecule is CNC(=O)c1c(-c2ccc(F)cc2)oc2cc(N(C)S(C)(=O)=O)c(-c3cc(F)cc(-c4nc5ncccc5o4)c3)cc12. The van der Waals surface area contributed by atoms with Gasteiger partial charge in [0.2, 0.25) is 15.9 Å². The van der Waals surface area contributed by atoms with Crippen LogP contribution >= 0.6 is 0 Å². The van der Waals surface area contributed by atoms with Crippen LogP contribution in [-0.2, 0) is 10.0 Å². The summed E-state index contributed by atoms with van der Waals surface area (Å²) in [4.78, 5) is 21.6. The summed E-state index contributed by atoms with van der Waals surface area (Å²) < 4.78 is 67.0. The van der Waals surface area contributed by atoms with Crippen LogP contribution in [0.25, 0.3) is 56.1 Å². The largest absolute Gasteiger partial charge is 0.455 e. The number of nitrogens with zero attached hydrogens (tertiary/aromatic N) is 3. The standard InChI is InChI=1S/C30H22F2N4O5S/c1-33-29(37)26-22-14-21(17-11-18(13-20(32)12-17)30-35-28-24(41-30)5-4-10-34-28)23(36(2)42(3,38)39)15-25(22)40-27(26)16-6-8-19(31)9-7-16/h4-15H,1-3H3,(H,33,37). The Morgan fingerprint density at radius 2 is 1.64 bits per heavy atom. The van der Waals surface area contributed by atoms with Gasteiger partial charge in [-0.25, -0.2) is 22.2 Å². The van der Waals surface area contributed by atoms with E-state index in [1.54, 1.807) is 30.5 Å². The van der Waals surface area contributed by atoms with Gasteiger partial charge in [0.1, 0.15) is 23.0 Å². The van der Waals surface area contributed by atoms with Gasteiger partial charge in [0.05, 0.1) is 17.5 Å². The maximum Gasteiger partial charge on any atom is 0.255 e. The highest BCUT2D eigenvalue weighted by Crippen LogP contribution is 2.42. The summed E-state index contributed by atoms with van der Waals surface area (Å²) >= 11 is 0. The lowest BCUT2D eigenvalue weighted by Gasteiger charge is -2.21. The number of hydrogen-bond acceptors (Lipinski definition) is 7. The average molecular weight is 589 g/mol. The maximum absolute atomic E-state index is 15.1. The minimum absolute atomic E-state index is 0.122. The Labute approximate surface area is 238 Å². The molecule has 212 valence electrons. The molecule has 0 aliphatic rings. The van der Waals surface area contributed by atoms with Crippen molar-refractivity contribution < 1.29 is 30.8 Å². The molecule has 42 heavy (non-hydrogen) atoms. The van der Waals surface area contributed by atoms with E-state index in [-0.39, 0.29) is 28.5 Å². The number of pyridine rings is 1. The minimum atomic E-state index is -3.79. The first-order valence-electron chi connectivity index (χ1n) is 12.6. The lowest BCUT2D eigenvalue weighted by Crippen LogP contribution is -2.25. The molecule has 3 aromatic carbocycles. The zero-order valence-corrected chi connectivity index (χ0v) is 23.3. The lowest BCUT2D eigenvalue weighted by atomic mass is 9.97. The second kappa shape index (κ2) is 10.1. The molecular weight excluding hydrogens is 566 g/mol. The first-order chi connectivity index (χ1) is 20.0. The number of carbonyl (C=O) groups excluding carboxylic acids is 1. The summed E-state index contributed by atoms with van der Waals surface area (Å²) in [6, 6.07) is 15.9. The van der Waals surface area contributed by atoms with Gasteiger partial charge >= 0.3 is 0 Å². The lowest BCUT2D eigenvalue weighted by molar-refractivity contribution is 0.0964. The van der Waals surface area contributed by atoms with Crippen molar-refractivity contribution in [1.82, 2.24) is 15.3 Å². The van der Waals surface area contributed by atoms with Crippen LogP contribution < -0.4 is 9.62 Å². The third-order valence-corrected chi connectivity index (χ3v) is 8.02. The van der Waals surface area contributed by atoms with Crippen LogP contribution in [-0.4, -0.2) is 44.6 Å². The molecule has 0 aliphatic carbocycles. The van der Waals surface area contributed by atoms with Crippen molar-refractivity contribution >= 4 is 43.8 Å². The third kappa shape index (κ3) is 4.75. The van der Waals surface area contributed by atoms with Gasteiger partial charge in [0, 0.05) is 48.4 Å². The van der Waals surface area contributed by atoms with Gasteiger partial charge in [0.15, 0.2) is 11.2 Å². The second-order valence-corrected chi connectivity index (χ2v) is 11.6. The number of hydrogen-bond donors (Lipinski definition) is 1. The maximum atomic E-state index is 15.1. The van der Waals surface area contributed by atoms with Crippen molar-refractivity contribution in [3.8, 4) is 33.9 Å². The van der Waals surface area contributed by atoms with E-state index in [0.717, 1.165) is 10.6 Å². The first-order valence-corrected chi connectivity index (χ1v) is 14.4. The highest BCUT2D eigenvalue weighted by atomic mass is 32.2. The summed E-state index contributed by atoms with van der Waals surface area (Å²) in [5.74, 6) is -1.30. The Bertz CT molecular complexity index is 2090. The van der Waals surface area contributed by atoms with Crippen molar-refractivity contribution in [1.29, 1.82) is 0 Å². The molecule has 1 amide bonds. The van der Waals surface area contributed by atoms with Crippen LogP contribution in [0.3, 0.4) is 0 Å². The minimum Gasteiger partial charge on any atom is -0.455 e. The molecule has 0 unspecified atom stereocenters. The summed E-state index contributed by atoms with van der Waals surface area (Å²) in [5.41, 5.74) is 2.59. The van der Waals surface area contributed by atoms with Gasteiger partial charge in [-0.1, -0.05) is 0 Å². The van der Waals surface area contributed by atoms with Crippen LogP contribution in [0.4, 0.5) is 14.5 Å². The number of carbonyl (C=O) groups is 1. The molecule has 3 heterocycles. The number of furan rings is 1. The van der Waals surface area contributed by atoms with E-state index in [0.29, 0.717) is 38.9 Å². The average Bonchev–Trinajstić information content (AvgIpc) is 3.57. The van der Waals surface area contributed by atoms with E-state index in [4.69, 9.17) is 8.83 Å². The molecule has 0 spiro atoms. The molecule has 12 heteroatoms. The van der Waals surface area contributed by atoms with E-state index < -0.39 is 27.6 Å². The van der Waals surface area contributed by atoms with Crippen molar-refractivity contribution in [2.24, 2.45) is 0 Å². The number of benzene rings is 3. The Morgan fingerprint density at radius 1 is 0.905 bits per heavy atom. The number of halogens is 2. The van der Waals surface area contributed by atoms with Crippen LogP contribution in [0, 0.1) is 11.6 Å². The van der Waals surface area contributed by atoms with Crippen LogP contribution in [0.5, 0.6) is 0 Å². The van der Waals surface area contributed by atoms with Crippen molar-refractivity contribution in [3.63, 3.8) is 0 Å². The Morgan fingerprint density at radius 3 is 2.33 bits per heavy atom. The molecule has 0 saturated heterocycles. The van der Waals surface area contributed by atoms with Crippen LogP contribution in [0.15, 0.2) is 81.8 Å². The fourth-order valence-electron chi connectivity index (χ4n) is 4.72. The smallest absolute Gasteiger partial charge is 0.255 e. The summed E-state index contributed by atoms with van der Waals surface area (Å²) in [5, 5.41) is 2.93. The predicted molar refractivity (Wildman–Crippen MR) is 154 cm³/mol. The normalized spacial score (nSPS) is 11.7. The zero-order chi connectivity index (χ0) is 29.8. The van der Waals surface area contributed by atoms with Gasteiger partial charge in [0.25, 0.3) is 5.91 Å². The summed E-state index contributed by atoms with van der Waals surface area (Å²) in [6.07, 6.45) is 2.59. The molecule has 3 aromatic heterocycles. The first kappa shape index (κ1) is 27.1. The summed E-state index contributed by atoms with van der Waals surface area (Å²) in [7, 11) is -0.976. The number of fused-ring (bicyclic) bond motifs is 2. The molecule has 1 N–H and O–H groups in total. The second-order valence-electron chi connectivity index (χ2n) is 9.56. The fraction of sp³-hybridized carbons (Fsp3) is 0.100. The number of rotatable bonds is 6. The van der Waals surface area contributed by atoms with E-state index >= 15 is 4.39 Å². The monoisotopic (exact) mass is 588 g/mol. The fourth-order valence-corrected chi connectivity index (χ4v) is 5.23. The molecule has 0 aliphatic heterocycles. The van der Waals surface area contributed by atoms with Gasteiger partial charge in [-0.05, 0) is 66.2 Å². The van der Waals surface area contributed by atoms with Crippen molar-refractivity contribution in [2.75, 3.05) is 24.7 Å². The molecule has 6 rings (SSSR count). The van der Waals surface area contributed by atoms with Crippen LogP contribution in [0.2, 0.25) is 0 Å². The summed E-state index contributed by atoms with van der Waals surface area (Å²) in [6.45, 7) is 0. The van der Waals surface area contributed by atoms with Crippen molar-refractivity contribution in [3.05, 3.63) is 90.1 Å². The van der Waals surface area contributed by atoms with Gasteiger partial charge in [-0.3, -0.25) is 9.10 Å². The zero-order valence-electron chi connectivity index (χ0n) is 22.5. The number of aromatic nitrogens is 2. The van der Waals surface area contributed by atoms with E-state index in [9.17, 15) is 17.6 Å². The molecule has 0 fully saturated rings. The number of anilines is 1. The Hall–Kier alpha value is -5.10. The number of oxazole rings is 1. The third-order valence-electron chi connectivity index (χ3n) is 6.82. The highest BCUT2D eigenvalue weighted by molar-refractivity contribution is 7.92. The Kier molecular flexibility index (Phi) is 6.49. The molecule has 9 nitrogen and oxygen atoms in total. The van der Waals surface area contributed by atoms with Gasteiger partial charge < -0.3 is 14.2 Å². The van der Waals surface area contributed by atoms with E-state index in [1.807, 2.05) is 0 Å². The predicted octanol–water partition coefficient (Wildman–Crippen LogP) is 6.00. The molecule has 0 atom stereocenters. The molecule has 0 radical (unpaired) electrons. The number of amides is 1. The molecular formula is C30H22F2N4O5S. The van der Waals surface area contributed by atoms with Crippen LogP contribution in [0.1, 0.15) is 10.4 Å². The van der Waals surface area contributed by atoms with Gasteiger partial charge in [-0.15, -0.1) is 0 Å². The molecule has 6 aromatic rings. The topological polar surface area (TPSA) is 119 Å². The molecule has 0 bridgehead atoms. The number of sulfonamides is 1.